The maximum Gasteiger partial charge on any atom is 0.246 e. The standard InChI is InChI=1S/C23H26N2O4/c1-28-19-9-10-21(29-2)20(16-19)24-23(27)18-12-14-25(15-13-18)22(26)11-8-17-6-4-3-5-7-17/h3-11,16,18H,12-15H2,1-2H3,(H,24,27). The van der Waals surface area contributed by atoms with E-state index in [0.29, 0.717) is 43.1 Å². The summed E-state index contributed by atoms with van der Waals surface area (Å²) in [5, 5.41) is 2.94. The molecule has 29 heavy (non-hydrogen) atoms. The van der Waals surface area contributed by atoms with Crippen LogP contribution in [-0.4, -0.2) is 44.0 Å². The molecule has 0 spiro atoms. The molecule has 2 aromatic rings. The highest BCUT2D eigenvalue weighted by molar-refractivity contribution is 5.95. The number of hydrogen-bond acceptors (Lipinski definition) is 4. The summed E-state index contributed by atoms with van der Waals surface area (Å²) in [5.74, 6) is 0.989. The van der Waals surface area contributed by atoms with E-state index in [1.165, 1.54) is 0 Å². The zero-order chi connectivity index (χ0) is 20.6. The van der Waals surface area contributed by atoms with Crippen molar-refractivity contribution in [2.24, 2.45) is 5.92 Å². The molecule has 1 aliphatic rings. The molecule has 6 heteroatoms. The number of amides is 2. The van der Waals surface area contributed by atoms with E-state index < -0.39 is 0 Å². The minimum Gasteiger partial charge on any atom is -0.497 e. The van der Waals surface area contributed by atoms with Gasteiger partial charge in [0.2, 0.25) is 11.8 Å². The SMILES string of the molecule is COc1ccc(OC)c(NC(=O)C2CCN(C(=O)C=Cc3ccccc3)CC2)c1. The summed E-state index contributed by atoms with van der Waals surface area (Å²) in [4.78, 5) is 26.9. The number of nitrogens with one attached hydrogen (secondary N) is 1. The Balaban J connectivity index is 1.54. The first-order valence-electron chi connectivity index (χ1n) is 9.65. The Morgan fingerprint density at radius 1 is 1.03 bits per heavy atom. The Hall–Kier alpha value is -3.28. The van der Waals surface area contributed by atoms with Gasteiger partial charge in [0, 0.05) is 31.1 Å². The zero-order valence-electron chi connectivity index (χ0n) is 16.8. The van der Waals surface area contributed by atoms with Gasteiger partial charge in [-0.05, 0) is 36.6 Å². The van der Waals surface area contributed by atoms with Gasteiger partial charge in [-0.2, -0.15) is 0 Å². The number of piperidine rings is 1. The lowest BCUT2D eigenvalue weighted by molar-refractivity contribution is -0.130. The third-order valence-electron chi connectivity index (χ3n) is 5.06. The van der Waals surface area contributed by atoms with Crippen LogP contribution in [0.5, 0.6) is 11.5 Å². The summed E-state index contributed by atoms with van der Waals surface area (Å²) in [5.41, 5.74) is 1.57. The van der Waals surface area contributed by atoms with Crippen molar-refractivity contribution in [1.29, 1.82) is 0 Å². The van der Waals surface area contributed by atoms with E-state index in [4.69, 9.17) is 9.47 Å². The average molecular weight is 394 g/mol. The molecule has 0 radical (unpaired) electrons. The highest BCUT2D eigenvalue weighted by Crippen LogP contribution is 2.30. The fraction of sp³-hybridized carbons (Fsp3) is 0.304. The molecule has 0 aromatic heterocycles. The molecule has 2 amide bonds. The van der Waals surface area contributed by atoms with Gasteiger partial charge in [-0.25, -0.2) is 0 Å². The second-order valence-electron chi connectivity index (χ2n) is 6.90. The number of carbonyl (C=O) groups excluding carboxylic acids is 2. The lowest BCUT2D eigenvalue weighted by Gasteiger charge is -2.30. The highest BCUT2D eigenvalue weighted by Gasteiger charge is 2.27. The molecule has 2 aromatic carbocycles. The highest BCUT2D eigenvalue weighted by atomic mass is 16.5. The summed E-state index contributed by atoms with van der Waals surface area (Å²) in [6.45, 7) is 1.12. The van der Waals surface area contributed by atoms with Crippen LogP contribution in [0, 0.1) is 5.92 Å². The normalized spacial score (nSPS) is 14.6. The number of benzene rings is 2. The van der Waals surface area contributed by atoms with E-state index in [0.717, 1.165) is 5.56 Å². The molecule has 3 rings (SSSR count). The number of methoxy groups -OCH3 is 2. The van der Waals surface area contributed by atoms with Crippen molar-refractivity contribution < 1.29 is 19.1 Å². The summed E-state index contributed by atoms with van der Waals surface area (Å²) in [6.07, 6.45) is 4.67. The Labute approximate surface area is 171 Å². The van der Waals surface area contributed by atoms with E-state index in [1.807, 2.05) is 36.4 Å². The first-order chi connectivity index (χ1) is 14.1. The number of anilines is 1. The lowest BCUT2D eigenvalue weighted by atomic mass is 9.95. The van der Waals surface area contributed by atoms with Crippen LogP contribution in [0.2, 0.25) is 0 Å². The molecule has 152 valence electrons. The largest absolute Gasteiger partial charge is 0.497 e. The summed E-state index contributed by atoms with van der Waals surface area (Å²) >= 11 is 0. The van der Waals surface area contributed by atoms with Gasteiger partial charge < -0.3 is 19.7 Å². The van der Waals surface area contributed by atoms with E-state index in [9.17, 15) is 9.59 Å². The minimum absolute atomic E-state index is 0.0258. The van der Waals surface area contributed by atoms with Crippen molar-refractivity contribution >= 4 is 23.6 Å². The second kappa shape index (κ2) is 9.78. The lowest BCUT2D eigenvalue weighted by Crippen LogP contribution is -2.40. The van der Waals surface area contributed by atoms with Crippen molar-refractivity contribution in [2.75, 3.05) is 32.6 Å². The van der Waals surface area contributed by atoms with Gasteiger partial charge in [-0.3, -0.25) is 9.59 Å². The predicted molar refractivity (Wildman–Crippen MR) is 113 cm³/mol. The number of likely N-dealkylation sites (tertiary alicyclic amines) is 1. The van der Waals surface area contributed by atoms with Crippen LogP contribution in [0.15, 0.2) is 54.6 Å². The molecule has 0 saturated carbocycles. The summed E-state index contributed by atoms with van der Waals surface area (Å²) < 4.78 is 10.5. The third kappa shape index (κ3) is 5.38. The number of hydrogen-bond donors (Lipinski definition) is 1. The van der Waals surface area contributed by atoms with Crippen molar-refractivity contribution in [3.8, 4) is 11.5 Å². The molecule has 1 heterocycles. The monoisotopic (exact) mass is 394 g/mol. The van der Waals surface area contributed by atoms with Crippen LogP contribution in [0.25, 0.3) is 6.08 Å². The van der Waals surface area contributed by atoms with Gasteiger partial charge >= 0.3 is 0 Å². The number of ether oxygens (including phenoxy) is 2. The molecular weight excluding hydrogens is 368 g/mol. The smallest absolute Gasteiger partial charge is 0.246 e. The molecule has 1 fully saturated rings. The molecule has 1 aliphatic heterocycles. The van der Waals surface area contributed by atoms with Gasteiger partial charge in [0.1, 0.15) is 11.5 Å². The van der Waals surface area contributed by atoms with Crippen molar-refractivity contribution in [1.82, 2.24) is 4.90 Å². The van der Waals surface area contributed by atoms with Crippen LogP contribution in [0.3, 0.4) is 0 Å². The Morgan fingerprint density at radius 2 is 1.76 bits per heavy atom. The Bertz CT molecular complexity index is 872. The van der Waals surface area contributed by atoms with Gasteiger partial charge in [0.05, 0.1) is 19.9 Å². The summed E-state index contributed by atoms with van der Waals surface area (Å²) in [6, 6.07) is 15.0. The fourth-order valence-electron chi connectivity index (χ4n) is 3.35. The van der Waals surface area contributed by atoms with Gasteiger partial charge in [0.15, 0.2) is 0 Å². The quantitative estimate of drug-likeness (QED) is 0.761. The van der Waals surface area contributed by atoms with Gasteiger partial charge in [-0.1, -0.05) is 30.3 Å². The Kier molecular flexibility index (Phi) is 6.89. The molecule has 1 N–H and O–H groups in total. The van der Waals surface area contributed by atoms with Gasteiger partial charge in [-0.15, -0.1) is 0 Å². The number of rotatable bonds is 6. The average Bonchev–Trinajstić information content (AvgIpc) is 2.78. The van der Waals surface area contributed by atoms with Crippen molar-refractivity contribution in [3.05, 3.63) is 60.2 Å². The van der Waals surface area contributed by atoms with Crippen LogP contribution >= 0.6 is 0 Å². The first kappa shape index (κ1) is 20.5. The molecule has 0 atom stereocenters. The minimum atomic E-state index is -0.145. The predicted octanol–water partition coefficient (Wildman–Crippen LogP) is 3.59. The van der Waals surface area contributed by atoms with E-state index in [2.05, 4.69) is 5.32 Å². The molecule has 1 saturated heterocycles. The second-order valence-corrected chi connectivity index (χ2v) is 6.90. The van der Waals surface area contributed by atoms with Crippen molar-refractivity contribution in [2.45, 2.75) is 12.8 Å². The zero-order valence-corrected chi connectivity index (χ0v) is 16.8. The van der Waals surface area contributed by atoms with Gasteiger partial charge in [0.25, 0.3) is 0 Å². The number of carbonyl (C=O) groups is 2. The molecule has 6 nitrogen and oxygen atoms in total. The van der Waals surface area contributed by atoms with E-state index in [1.54, 1.807) is 43.4 Å². The van der Waals surface area contributed by atoms with Crippen LogP contribution in [0.1, 0.15) is 18.4 Å². The van der Waals surface area contributed by atoms with Crippen molar-refractivity contribution in [3.63, 3.8) is 0 Å². The molecule has 0 aliphatic carbocycles. The molecule has 0 unspecified atom stereocenters. The molecule has 0 bridgehead atoms. The summed E-state index contributed by atoms with van der Waals surface area (Å²) in [7, 11) is 3.14. The topological polar surface area (TPSA) is 67.9 Å². The first-order valence-corrected chi connectivity index (χ1v) is 9.65. The van der Waals surface area contributed by atoms with E-state index in [-0.39, 0.29) is 17.7 Å². The fourth-order valence-corrected chi connectivity index (χ4v) is 3.35. The third-order valence-corrected chi connectivity index (χ3v) is 5.06. The number of nitrogens with zero attached hydrogens (tertiary/aromatic N) is 1. The Morgan fingerprint density at radius 3 is 2.41 bits per heavy atom. The van der Waals surface area contributed by atoms with Crippen LogP contribution in [0.4, 0.5) is 5.69 Å². The van der Waals surface area contributed by atoms with Crippen LogP contribution in [-0.2, 0) is 9.59 Å². The maximum atomic E-state index is 12.7. The van der Waals surface area contributed by atoms with Crippen LogP contribution < -0.4 is 14.8 Å². The van der Waals surface area contributed by atoms with E-state index >= 15 is 0 Å². The maximum absolute atomic E-state index is 12.7. The molecular formula is C23H26N2O4.